The fourth-order valence-electron chi connectivity index (χ4n) is 4.57. The number of hydrogen-bond donors (Lipinski definition) is 1. The van der Waals surface area contributed by atoms with Crippen LogP contribution in [0.25, 0.3) is 0 Å². The molecule has 0 unspecified atom stereocenters. The van der Waals surface area contributed by atoms with Gasteiger partial charge in [0.05, 0.1) is 13.1 Å². The number of nitrogens with zero attached hydrogens (tertiary/aromatic N) is 3. The fourth-order valence-corrected chi connectivity index (χ4v) is 4.57. The van der Waals surface area contributed by atoms with Crippen LogP contribution in [0.4, 0.5) is 5.69 Å². The Morgan fingerprint density at radius 1 is 0.966 bits per heavy atom. The summed E-state index contributed by atoms with van der Waals surface area (Å²) < 4.78 is 0. The van der Waals surface area contributed by atoms with E-state index in [1.54, 1.807) is 0 Å². The van der Waals surface area contributed by atoms with E-state index in [9.17, 15) is 9.59 Å². The molecule has 29 heavy (non-hydrogen) atoms. The number of likely N-dealkylation sites (tertiary alicyclic amines) is 1. The number of carbonyl (C=O) groups excluding carboxylic acids is 2. The van der Waals surface area contributed by atoms with Gasteiger partial charge < -0.3 is 10.2 Å². The van der Waals surface area contributed by atoms with Crippen molar-refractivity contribution in [3.8, 4) is 0 Å². The minimum absolute atomic E-state index is 0.0270. The van der Waals surface area contributed by atoms with Crippen molar-refractivity contribution in [2.75, 3.05) is 44.6 Å². The average molecular weight is 401 g/mol. The van der Waals surface area contributed by atoms with Crippen LogP contribution in [0.2, 0.25) is 0 Å². The lowest BCUT2D eigenvalue weighted by atomic mass is 9.97. The molecule has 0 aliphatic carbocycles. The molecular weight excluding hydrogens is 364 g/mol. The van der Waals surface area contributed by atoms with E-state index >= 15 is 0 Å². The molecule has 2 heterocycles. The predicted molar refractivity (Wildman–Crippen MR) is 117 cm³/mol. The third-order valence-corrected chi connectivity index (χ3v) is 6.55. The predicted octanol–water partition coefficient (Wildman–Crippen LogP) is 2.65. The van der Waals surface area contributed by atoms with Gasteiger partial charge in [-0.25, -0.2) is 0 Å². The first-order valence-electron chi connectivity index (χ1n) is 11.0. The molecule has 0 radical (unpaired) electrons. The minimum atomic E-state index is 0.0270. The number of aryl methyl sites for hydroxylation is 1. The van der Waals surface area contributed by atoms with Crippen LogP contribution >= 0.6 is 0 Å². The highest BCUT2D eigenvalue weighted by Crippen LogP contribution is 2.23. The lowest BCUT2D eigenvalue weighted by molar-refractivity contribution is -0.139. The third kappa shape index (κ3) is 5.58. The summed E-state index contributed by atoms with van der Waals surface area (Å²) in [4.78, 5) is 31.8. The lowest BCUT2D eigenvalue weighted by Gasteiger charge is -2.41. The van der Waals surface area contributed by atoms with E-state index in [4.69, 9.17) is 0 Å². The number of anilines is 1. The molecule has 6 nitrogen and oxygen atoms in total. The SMILES string of the molecule is Cc1cccc(NC(=O)CN2CCN(CC(=O)N3[C@H](C)CCC[C@@H]3C)CC2)c1C. The maximum absolute atomic E-state index is 12.8. The van der Waals surface area contributed by atoms with Gasteiger partial charge in [-0.3, -0.25) is 19.4 Å². The molecule has 2 aliphatic heterocycles. The number of nitrogens with one attached hydrogen (secondary N) is 1. The first kappa shape index (κ1) is 21.8. The molecule has 6 heteroatoms. The summed E-state index contributed by atoms with van der Waals surface area (Å²) in [5, 5.41) is 3.04. The zero-order valence-corrected chi connectivity index (χ0v) is 18.4. The van der Waals surface area contributed by atoms with Crippen molar-refractivity contribution < 1.29 is 9.59 Å². The Morgan fingerprint density at radius 2 is 1.55 bits per heavy atom. The van der Waals surface area contributed by atoms with E-state index in [2.05, 4.69) is 46.9 Å². The van der Waals surface area contributed by atoms with Crippen molar-refractivity contribution in [1.29, 1.82) is 0 Å². The van der Waals surface area contributed by atoms with Crippen molar-refractivity contribution >= 4 is 17.5 Å². The van der Waals surface area contributed by atoms with E-state index in [1.807, 2.05) is 19.1 Å². The Bertz CT molecular complexity index is 718. The van der Waals surface area contributed by atoms with Crippen LogP contribution in [0.1, 0.15) is 44.2 Å². The van der Waals surface area contributed by atoms with Crippen LogP contribution in [-0.2, 0) is 9.59 Å². The Kier molecular flexibility index (Phi) is 7.30. The Hall–Kier alpha value is -1.92. The van der Waals surface area contributed by atoms with E-state index in [0.29, 0.717) is 25.2 Å². The highest BCUT2D eigenvalue weighted by Gasteiger charge is 2.30. The molecule has 2 amide bonds. The maximum atomic E-state index is 12.8. The molecule has 1 aromatic carbocycles. The van der Waals surface area contributed by atoms with Crippen LogP contribution in [0.15, 0.2) is 18.2 Å². The van der Waals surface area contributed by atoms with E-state index < -0.39 is 0 Å². The van der Waals surface area contributed by atoms with Crippen molar-refractivity contribution in [3.63, 3.8) is 0 Å². The summed E-state index contributed by atoms with van der Waals surface area (Å²) in [6.07, 6.45) is 3.44. The molecule has 2 saturated heterocycles. The second kappa shape index (κ2) is 9.72. The molecule has 0 bridgehead atoms. The van der Waals surface area contributed by atoms with Gasteiger partial charge in [0.15, 0.2) is 0 Å². The van der Waals surface area contributed by atoms with Crippen molar-refractivity contribution in [2.45, 2.75) is 59.0 Å². The van der Waals surface area contributed by atoms with Gasteiger partial charge >= 0.3 is 0 Å². The Balaban J connectivity index is 1.43. The lowest BCUT2D eigenvalue weighted by Crippen LogP contribution is -2.54. The van der Waals surface area contributed by atoms with Gasteiger partial charge in [-0.1, -0.05) is 12.1 Å². The quantitative estimate of drug-likeness (QED) is 0.826. The number of rotatable bonds is 5. The molecule has 2 aliphatic rings. The number of amides is 2. The van der Waals surface area contributed by atoms with Crippen molar-refractivity contribution in [2.24, 2.45) is 0 Å². The van der Waals surface area contributed by atoms with Crippen LogP contribution in [0, 0.1) is 13.8 Å². The van der Waals surface area contributed by atoms with Crippen LogP contribution < -0.4 is 5.32 Å². The molecule has 1 aromatic rings. The van der Waals surface area contributed by atoms with Crippen molar-refractivity contribution in [1.82, 2.24) is 14.7 Å². The minimum Gasteiger partial charge on any atom is -0.336 e. The van der Waals surface area contributed by atoms with Crippen molar-refractivity contribution in [3.05, 3.63) is 29.3 Å². The summed E-state index contributed by atoms with van der Waals surface area (Å²) in [5.74, 6) is 0.282. The largest absolute Gasteiger partial charge is 0.336 e. The topological polar surface area (TPSA) is 55.9 Å². The Labute approximate surface area is 175 Å². The van der Waals surface area contributed by atoms with Gasteiger partial charge in [0, 0.05) is 44.0 Å². The average Bonchev–Trinajstić information content (AvgIpc) is 2.67. The monoisotopic (exact) mass is 400 g/mol. The van der Waals surface area contributed by atoms with Gasteiger partial charge in [-0.05, 0) is 64.2 Å². The number of hydrogen-bond acceptors (Lipinski definition) is 4. The van der Waals surface area contributed by atoms with Gasteiger partial charge in [0.1, 0.15) is 0 Å². The summed E-state index contributed by atoms with van der Waals surface area (Å²) in [7, 11) is 0. The van der Waals surface area contributed by atoms with Gasteiger partial charge in [-0.2, -0.15) is 0 Å². The summed E-state index contributed by atoms with van der Waals surface area (Å²) in [5.41, 5.74) is 3.19. The summed E-state index contributed by atoms with van der Waals surface area (Å²) >= 11 is 0. The molecule has 3 rings (SSSR count). The summed E-state index contributed by atoms with van der Waals surface area (Å²) in [6, 6.07) is 6.67. The molecule has 0 saturated carbocycles. The first-order valence-corrected chi connectivity index (χ1v) is 11.0. The molecule has 2 atom stereocenters. The van der Waals surface area contributed by atoms with Gasteiger partial charge in [-0.15, -0.1) is 0 Å². The molecular formula is C23H36N4O2. The molecule has 0 aromatic heterocycles. The van der Waals surface area contributed by atoms with E-state index in [-0.39, 0.29) is 11.8 Å². The first-order chi connectivity index (χ1) is 13.8. The molecule has 1 N–H and O–H groups in total. The highest BCUT2D eigenvalue weighted by molar-refractivity contribution is 5.93. The highest BCUT2D eigenvalue weighted by atomic mass is 16.2. The molecule has 2 fully saturated rings. The van der Waals surface area contributed by atoms with Crippen LogP contribution in [0.3, 0.4) is 0 Å². The zero-order valence-electron chi connectivity index (χ0n) is 18.4. The maximum Gasteiger partial charge on any atom is 0.238 e. The summed E-state index contributed by atoms with van der Waals surface area (Å²) in [6.45, 7) is 12.6. The fraction of sp³-hybridized carbons (Fsp3) is 0.652. The Morgan fingerprint density at radius 3 is 2.17 bits per heavy atom. The smallest absolute Gasteiger partial charge is 0.238 e. The number of piperidine rings is 1. The number of carbonyl (C=O) groups is 2. The molecule has 160 valence electrons. The number of piperazine rings is 1. The normalized spacial score (nSPS) is 23.8. The zero-order chi connectivity index (χ0) is 21.0. The van der Waals surface area contributed by atoms with E-state index in [0.717, 1.165) is 50.3 Å². The second-order valence-electron chi connectivity index (χ2n) is 8.78. The van der Waals surface area contributed by atoms with Crippen LogP contribution in [0.5, 0.6) is 0 Å². The number of benzene rings is 1. The van der Waals surface area contributed by atoms with Gasteiger partial charge in [0.25, 0.3) is 0 Å². The standard InChI is InChI=1S/C23H36N4O2/c1-17-7-5-10-21(20(17)4)24-22(28)15-25-11-13-26(14-12-25)16-23(29)27-18(2)8-6-9-19(27)3/h5,7,10,18-19H,6,8-9,11-16H2,1-4H3,(H,24,28)/t18-,19+. The molecule has 0 spiro atoms. The van der Waals surface area contributed by atoms with Gasteiger partial charge in [0.2, 0.25) is 11.8 Å². The van der Waals surface area contributed by atoms with Crippen LogP contribution in [-0.4, -0.2) is 77.9 Å². The third-order valence-electron chi connectivity index (χ3n) is 6.55. The second-order valence-corrected chi connectivity index (χ2v) is 8.78. The van der Waals surface area contributed by atoms with E-state index in [1.165, 1.54) is 12.0 Å².